The van der Waals surface area contributed by atoms with E-state index in [1.165, 1.54) is 5.56 Å². The second kappa shape index (κ2) is 9.54. The van der Waals surface area contributed by atoms with Crippen LogP contribution in [-0.4, -0.2) is 27.1 Å². The van der Waals surface area contributed by atoms with Crippen LogP contribution in [0, 0.1) is 6.92 Å². The van der Waals surface area contributed by atoms with Crippen molar-refractivity contribution in [3.63, 3.8) is 0 Å². The number of rotatable bonds is 2. The third kappa shape index (κ3) is 6.74. The Morgan fingerprint density at radius 1 is 1.31 bits per heavy atom. The number of hydrogen-bond acceptors (Lipinski definition) is 3. The van der Waals surface area contributed by atoms with E-state index >= 15 is 0 Å². The minimum Gasteiger partial charge on any atom is -1.00 e. The van der Waals surface area contributed by atoms with Gasteiger partial charge in [-0.1, -0.05) is 35.9 Å². The first kappa shape index (κ1) is 15.3. The second-order valence-electron chi connectivity index (χ2n) is 3.09. The number of aliphatic hydroxyl groups excluding tert-OH is 1. The van der Waals surface area contributed by atoms with Crippen molar-refractivity contribution in [2.75, 3.05) is 6.61 Å². The van der Waals surface area contributed by atoms with Crippen LogP contribution in [0.1, 0.15) is 12.7 Å². The number of nitrogens with zero attached hydrogens (tertiary/aromatic N) is 2. The van der Waals surface area contributed by atoms with Crippen molar-refractivity contribution < 1.29 is 36.1 Å². The molecule has 0 unspecified atom stereocenters. The maximum atomic E-state index is 8.36. The molecule has 4 nitrogen and oxygen atoms in total. The first-order valence-corrected chi connectivity index (χ1v) is 4.80. The van der Waals surface area contributed by atoms with Crippen LogP contribution in [0.2, 0.25) is 0 Å². The minimum absolute atomic E-state index is 0. The molecule has 0 atom stereocenters. The molecule has 5 heteroatoms. The van der Waals surface area contributed by atoms with Crippen LogP contribution in [0.15, 0.2) is 36.5 Å². The molecule has 0 aliphatic heterocycles. The molecule has 0 radical (unpaired) electrons. The predicted molar refractivity (Wildman–Crippen MR) is 59.5 cm³/mol. The number of aliphatic hydroxyl groups is 1. The van der Waals surface area contributed by atoms with E-state index in [1.54, 1.807) is 6.20 Å². The summed E-state index contributed by atoms with van der Waals surface area (Å²) in [5.41, 5.74) is 2.12. The number of benzene rings is 1. The van der Waals surface area contributed by atoms with Crippen molar-refractivity contribution in [1.82, 2.24) is 15.4 Å². The molecule has 0 aliphatic rings. The van der Waals surface area contributed by atoms with E-state index in [9.17, 15) is 0 Å². The van der Waals surface area contributed by atoms with Crippen LogP contribution < -0.4 is 29.6 Å². The topological polar surface area (TPSA) is 61.8 Å². The van der Waals surface area contributed by atoms with Crippen LogP contribution in [0.3, 0.4) is 0 Å². The van der Waals surface area contributed by atoms with Gasteiger partial charge in [0.1, 0.15) is 0 Å². The summed E-state index contributed by atoms with van der Waals surface area (Å²) in [7, 11) is 0. The van der Waals surface area contributed by atoms with E-state index in [0.29, 0.717) is 6.42 Å². The van der Waals surface area contributed by atoms with Crippen LogP contribution in [0.5, 0.6) is 0 Å². The number of aryl methyl sites for hydroxylation is 1. The van der Waals surface area contributed by atoms with Crippen LogP contribution in [0.4, 0.5) is 0 Å². The van der Waals surface area contributed by atoms with Gasteiger partial charge in [-0.05, 0) is 6.92 Å². The number of H-pyrrole nitrogens is 1. The Morgan fingerprint density at radius 3 is 2.38 bits per heavy atom. The van der Waals surface area contributed by atoms with Gasteiger partial charge >= 0.3 is 29.6 Å². The van der Waals surface area contributed by atoms with Gasteiger partial charge in [0.15, 0.2) is 0 Å². The standard InChI is InChI=1S/C7H8.C4H7N3O.Na.H/c1-7-5-3-2-4-6-7;8-2-1-4-3-5-7-6-4;;/h2-6H,1H3;3,8H,1-2H2,(H,5,6,7);;/q;;+1;-1. The summed E-state index contributed by atoms with van der Waals surface area (Å²) in [4.78, 5) is 0. The maximum Gasteiger partial charge on any atom is 1.00 e. The molecule has 0 saturated carbocycles. The molecule has 2 aromatic rings. The molecule has 0 bridgehead atoms. The molecule has 2 rings (SSSR count). The summed E-state index contributed by atoms with van der Waals surface area (Å²) < 4.78 is 0. The molecule has 0 fully saturated rings. The van der Waals surface area contributed by atoms with E-state index in [4.69, 9.17) is 5.11 Å². The molecule has 1 heterocycles. The van der Waals surface area contributed by atoms with Crippen molar-refractivity contribution in [3.8, 4) is 0 Å². The molecular weight excluding hydrogens is 213 g/mol. The Morgan fingerprint density at radius 2 is 2.00 bits per heavy atom. The average molecular weight is 229 g/mol. The first-order valence-electron chi connectivity index (χ1n) is 4.80. The molecule has 1 aromatic carbocycles. The Bertz CT molecular complexity index is 356. The summed E-state index contributed by atoms with van der Waals surface area (Å²) in [6, 6.07) is 10.3. The van der Waals surface area contributed by atoms with Gasteiger partial charge in [-0.2, -0.15) is 15.4 Å². The molecule has 0 aliphatic carbocycles. The van der Waals surface area contributed by atoms with Gasteiger partial charge in [-0.3, -0.25) is 0 Å². The fraction of sp³-hybridized carbons (Fsp3) is 0.273. The number of nitrogens with one attached hydrogen (secondary N) is 1. The monoisotopic (exact) mass is 229 g/mol. The van der Waals surface area contributed by atoms with Crippen molar-refractivity contribution in [2.24, 2.45) is 0 Å². The Labute approximate surface area is 119 Å². The minimum atomic E-state index is 0. The zero-order chi connectivity index (χ0) is 10.9. The predicted octanol–water partition coefficient (Wildman–Crippen LogP) is -1.55. The molecule has 1 aromatic heterocycles. The quantitative estimate of drug-likeness (QED) is 0.613. The van der Waals surface area contributed by atoms with Crippen LogP contribution in [-0.2, 0) is 6.42 Å². The van der Waals surface area contributed by atoms with Gasteiger partial charge in [-0.25, -0.2) is 0 Å². The zero-order valence-corrected chi connectivity index (χ0v) is 11.7. The number of hydrogen-bond donors (Lipinski definition) is 2. The van der Waals surface area contributed by atoms with Crippen LogP contribution in [0.25, 0.3) is 0 Å². The molecule has 0 spiro atoms. The maximum absolute atomic E-state index is 8.36. The summed E-state index contributed by atoms with van der Waals surface area (Å²) in [6.45, 7) is 2.21. The van der Waals surface area contributed by atoms with E-state index in [1.807, 2.05) is 18.2 Å². The Hall–Kier alpha value is -0.680. The van der Waals surface area contributed by atoms with E-state index < -0.39 is 0 Å². The molecule has 2 N–H and O–H groups in total. The van der Waals surface area contributed by atoms with Gasteiger partial charge in [0.05, 0.1) is 11.9 Å². The third-order valence-corrected chi connectivity index (χ3v) is 1.77. The summed E-state index contributed by atoms with van der Waals surface area (Å²) in [6.07, 6.45) is 2.17. The third-order valence-electron chi connectivity index (χ3n) is 1.77. The first-order chi connectivity index (χ1) is 7.33. The molecule has 16 heavy (non-hydrogen) atoms. The van der Waals surface area contributed by atoms with Crippen molar-refractivity contribution >= 4 is 0 Å². The SMILES string of the molecule is Cc1ccccc1.OCCc1cn[nH]n1.[H-].[Na+]. The van der Waals surface area contributed by atoms with E-state index in [2.05, 4.69) is 34.5 Å². The van der Waals surface area contributed by atoms with Gasteiger partial charge in [0, 0.05) is 13.0 Å². The van der Waals surface area contributed by atoms with Crippen LogP contribution >= 0.6 is 0 Å². The van der Waals surface area contributed by atoms with E-state index in [0.717, 1.165) is 5.69 Å². The largest absolute Gasteiger partial charge is 1.00 e. The van der Waals surface area contributed by atoms with Gasteiger partial charge < -0.3 is 6.53 Å². The fourth-order valence-corrected chi connectivity index (χ4v) is 0.995. The van der Waals surface area contributed by atoms with Gasteiger partial charge in [0.2, 0.25) is 0 Å². The summed E-state index contributed by atoms with van der Waals surface area (Å²) in [5.74, 6) is 0. The Balaban J connectivity index is 0. The number of aromatic amines is 1. The van der Waals surface area contributed by atoms with Crippen molar-refractivity contribution in [2.45, 2.75) is 13.3 Å². The van der Waals surface area contributed by atoms with E-state index in [-0.39, 0.29) is 37.6 Å². The number of aromatic nitrogens is 3. The fourth-order valence-electron chi connectivity index (χ4n) is 0.995. The normalized spacial score (nSPS) is 8.62. The molecule has 82 valence electrons. The second-order valence-corrected chi connectivity index (χ2v) is 3.09. The Kier molecular flexibility index (Phi) is 9.13. The summed E-state index contributed by atoms with van der Waals surface area (Å²) >= 11 is 0. The van der Waals surface area contributed by atoms with Crippen molar-refractivity contribution in [1.29, 1.82) is 0 Å². The summed E-state index contributed by atoms with van der Waals surface area (Å²) in [5, 5.41) is 18.1. The molecule has 0 saturated heterocycles. The molecule has 0 amide bonds. The van der Waals surface area contributed by atoms with Crippen molar-refractivity contribution in [3.05, 3.63) is 47.8 Å². The van der Waals surface area contributed by atoms with Gasteiger partial charge in [-0.15, -0.1) is 0 Å². The average Bonchev–Trinajstić information content (AvgIpc) is 2.73. The van der Waals surface area contributed by atoms with Gasteiger partial charge in [0.25, 0.3) is 0 Å². The molecular formula is C11H16N3NaO. The smallest absolute Gasteiger partial charge is 1.00 e. The zero-order valence-electron chi connectivity index (χ0n) is 10.7.